The van der Waals surface area contributed by atoms with Crippen LogP contribution in [0.2, 0.25) is 0 Å². The van der Waals surface area contributed by atoms with Gasteiger partial charge in [-0.2, -0.15) is 4.31 Å². The van der Waals surface area contributed by atoms with Gasteiger partial charge in [-0.3, -0.25) is 4.79 Å². The van der Waals surface area contributed by atoms with Crippen molar-refractivity contribution in [3.05, 3.63) is 54.0 Å². The molecule has 1 fully saturated rings. The van der Waals surface area contributed by atoms with E-state index in [0.717, 1.165) is 25.7 Å². The predicted octanol–water partition coefficient (Wildman–Crippen LogP) is 3.34. The van der Waals surface area contributed by atoms with Crippen LogP contribution >= 0.6 is 0 Å². The minimum atomic E-state index is -3.50. The van der Waals surface area contributed by atoms with E-state index in [1.165, 1.54) is 12.1 Å². The molecule has 1 saturated heterocycles. The first kappa shape index (κ1) is 18.7. The molecule has 0 aliphatic carbocycles. The van der Waals surface area contributed by atoms with Crippen LogP contribution in [0.3, 0.4) is 0 Å². The van der Waals surface area contributed by atoms with E-state index in [0.29, 0.717) is 24.4 Å². The molecule has 1 aliphatic heterocycles. The number of nitrogens with zero attached hydrogens (tertiary/aromatic N) is 1. The van der Waals surface area contributed by atoms with Crippen molar-refractivity contribution in [3.63, 3.8) is 0 Å². The van der Waals surface area contributed by atoms with Gasteiger partial charge in [0, 0.05) is 18.7 Å². The van der Waals surface area contributed by atoms with E-state index in [9.17, 15) is 13.2 Å². The Morgan fingerprint density at radius 3 is 2.31 bits per heavy atom. The summed E-state index contributed by atoms with van der Waals surface area (Å²) in [6.45, 7) is 2.95. The van der Waals surface area contributed by atoms with Crippen molar-refractivity contribution in [2.45, 2.75) is 43.5 Å². The summed E-state index contributed by atoms with van der Waals surface area (Å²) in [5.41, 5.74) is 0.415. The lowest BCUT2D eigenvalue weighted by molar-refractivity contribution is 0.0935. The van der Waals surface area contributed by atoms with Crippen LogP contribution in [-0.2, 0) is 10.0 Å². The Morgan fingerprint density at radius 2 is 1.73 bits per heavy atom. The second-order valence-electron chi connectivity index (χ2n) is 6.55. The first-order valence-corrected chi connectivity index (χ1v) is 10.4. The SMILES string of the molecule is C[C@@H](NC(=O)c1ccc(S(=O)(=O)N2CCCCCC2)cc1)c1ccco1. The number of sulfonamides is 1. The number of nitrogens with one attached hydrogen (secondary N) is 1. The summed E-state index contributed by atoms with van der Waals surface area (Å²) in [7, 11) is -3.50. The molecule has 1 aromatic heterocycles. The average Bonchev–Trinajstić information content (AvgIpc) is 3.04. The van der Waals surface area contributed by atoms with Crippen molar-refractivity contribution in [1.29, 1.82) is 0 Å². The van der Waals surface area contributed by atoms with Crippen LogP contribution in [0.25, 0.3) is 0 Å². The fourth-order valence-corrected chi connectivity index (χ4v) is 4.62. The van der Waals surface area contributed by atoms with Crippen LogP contribution in [-0.4, -0.2) is 31.7 Å². The molecule has 1 aromatic carbocycles. The number of carbonyl (C=O) groups is 1. The molecule has 0 spiro atoms. The smallest absolute Gasteiger partial charge is 0.251 e. The van der Waals surface area contributed by atoms with Crippen molar-refractivity contribution in [1.82, 2.24) is 9.62 Å². The average molecular weight is 376 g/mol. The van der Waals surface area contributed by atoms with Crippen LogP contribution in [0.5, 0.6) is 0 Å². The maximum atomic E-state index is 12.8. The van der Waals surface area contributed by atoms with Gasteiger partial charge in [-0.15, -0.1) is 0 Å². The minimum absolute atomic E-state index is 0.232. The highest BCUT2D eigenvalue weighted by molar-refractivity contribution is 7.89. The Hall–Kier alpha value is -2.12. The number of hydrogen-bond donors (Lipinski definition) is 1. The third-order valence-electron chi connectivity index (χ3n) is 4.64. The lowest BCUT2D eigenvalue weighted by Gasteiger charge is -2.20. The molecule has 0 radical (unpaired) electrons. The monoisotopic (exact) mass is 376 g/mol. The first-order valence-electron chi connectivity index (χ1n) is 8.93. The van der Waals surface area contributed by atoms with E-state index >= 15 is 0 Å². The molecule has 1 amide bonds. The summed E-state index contributed by atoms with van der Waals surface area (Å²) in [5, 5.41) is 2.84. The summed E-state index contributed by atoms with van der Waals surface area (Å²) in [6.07, 6.45) is 5.48. The van der Waals surface area contributed by atoms with E-state index in [4.69, 9.17) is 4.42 Å². The number of furan rings is 1. The third kappa shape index (κ3) is 4.16. The Morgan fingerprint density at radius 1 is 1.08 bits per heavy atom. The van der Waals surface area contributed by atoms with Crippen LogP contribution < -0.4 is 5.32 Å². The molecule has 2 heterocycles. The van der Waals surface area contributed by atoms with E-state index in [2.05, 4.69) is 5.32 Å². The van der Waals surface area contributed by atoms with Gasteiger partial charge >= 0.3 is 0 Å². The van der Waals surface area contributed by atoms with Gasteiger partial charge in [0.25, 0.3) is 5.91 Å². The van der Waals surface area contributed by atoms with Gasteiger partial charge in [0.2, 0.25) is 10.0 Å². The lowest BCUT2D eigenvalue weighted by atomic mass is 10.2. The van der Waals surface area contributed by atoms with Crippen molar-refractivity contribution >= 4 is 15.9 Å². The normalized spacial score (nSPS) is 17.4. The topological polar surface area (TPSA) is 79.6 Å². The number of amides is 1. The molecule has 140 valence electrons. The number of hydrogen-bond acceptors (Lipinski definition) is 4. The highest BCUT2D eigenvalue weighted by Crippen LogP contribution is 2.21. The molecule has 26 heavy (non-hydrogen) atoms. The molecular formula is C19H24N2O4S. The van der Waals surface area contributed by atoms with Gasteiger partial charge in [-0.1, -0.05) is 12.8 Å². The number of benzene rings is 1. The van der Waals surface area contributed by atoms with Crippen LogP contribution in [0, 0.1) is 0 Å². The maximum Gasteiger partial charge on any atom is 0.251 e. The highest BCUT2D eigenvalue weighted by atomic mass is 32.2. The van der Waals surface area contributed by atoms with E-state index in [1.807, 2.05) is 6.92 Å². The summed E-state index contributed by atoms with van der Waals surface area (Å²) in [4.78, 5) is 12.6. The van der Waals surface area contributed by atoms with E-state index < -0.39 is 10.0 Å². The Labute approximate surface area is 154 Å². The molecule has 0 bridgehead atoms. The van der Waals surface area contributed by atoms with Crippen molar-refractivity contribution in [2.24, 2.45) is 0 Å². The summed E-state index contributed by atoms with van der Waals surface area (Å²) in [6, 6.07) is 9.41. The molecule has 1 atom stereocenters. The quantitative estimate of drug-likeness (QED) is 0.868. The van der Waals surface area contributed by atoms with Crippen LogP contribution in [0.1, 0.15) is 54.8 Å². The standard InChI is InChI=1S/C19H24N2O4S/c1-15(18-7-6-14-25-18)20-19(22)16-8-10-17(11-9-16)26(23,24)21-12-4-2-3-5-13-21/h6-11,14-15H,2-5,12-13H2,1H3,(H,20,22)/t15-/m1/s1. The second-order valence-corrected chi connectivity index (χ2v) is 8.49. The number of carbonyl (C=O) groups excluding carboxylic acids is 1. The highest BCUT2D eigenvalue weighted by Gasteiger charge is 2.25. The van der Waals surface area contributed by atoms with Crippen molar-refractivity contribution in [2.75, 3.05) is 13.1 Å². The van der Waals surface area contributed by atoms with Gasteiger partial charge in [0.15, 0.2) is 0 Å². The number of rotatable bonds is 5. The minimum Gasteiger partial charge on any atom is -0.467 e. The molecule has 6 nitrogen and oxygen atoms in total. The fraction of sp³-hybridized carbons (Fsp3) is 0.421. The second kappa shape index (κ2) is 8.05. The third-order valence-corrected chi connectivity index (χ3v) is 6.55. The van der Waals surface area contributed by atoms with Crippen molar-refractivity contribution in [3.8, 4) is 0 Å². The van der Waals surface area contributed by atoms with Gasteiger partial charge in [0.1, 0.15) is 5.76 Å². The van der Waals surface area contributed by atoms with E-state index in [-0.39, 0.29) is 16.8 Å². The molecule has 0 unspecified atom stereocenters. The Bertz CT molecular complexity index is 821. The van der Waals surface area contributed by atoms with Gasteiger partial charge in [0.05, 0.1) is 17.2 Å². The molecule has 1 aliphatic rings. The zero-order chi connectivity index (χ0) is 18.6. The summed E-state index contributed by atoms with van der Waals surface area (Å²) >= 11 is 0. The molecule has 0 saturated carbocycles. The molecule has 2 aromatic rings. The maximum absolute atomic E-state index is 12.8. The first-order chi connectivity index (χ1) is 12.5. The van der Waals surface area contributed by atoms with Crippen molar-refractivity contribution < 1.29 is 17.6 Å². The van der Waals surface area contributed by atoms with E-state index in [1.54, 1.807) is 34.8 Å². The zero-order valence-electron chi connectivity index (χ0n) is 14.8. The summed E-state index contributed by atoms with van der Waals surface area (Å²) < 4.78 is 32.4. The van der Waals surface area contributed by atoms with Crippen LogP contribution in [0.15, 0.2) is 52.0 Å². The lowest BCUT2D eigenvalue weighted by Crippen LogP contribution is -2.32. The summed E-state index contributed by atoms with van der Waals surface area (Å²) in [5.74, 6) is 0.395. The molecule has 7 heteroatoms. The largest absolute Gasteiger partial charge is 0.467 e. The Kier molecular flexibility index (Phi) is 5.78. The van der Waals surface area contributed by atoms with Crippen LogP contribution in [0.4, 0.5) is 0 Å². The molecule has 3 rings (SSSR count). The van der Waals surface area contributed by atoms with Gasteiger partial charge in [-0.25, -0.2) is 8.42 Å². The fourth-order valence-electron chi connectivity index (χ4n) is 3.10. The van der Waals surface area contributed by atoms with Gasteiger partial charge in [-0.05, 0) is 56.2 Å². The predicted molar refractivity (Wildman–Crippen MR) is 98.3 cm³/mol. The zero-order valence-corrected chi connectivity index (χ0v) is 15.7. The Balaban J connectivity index is 1.70. The molecular weight excluding hydrogens is 352 g/mol. The molecule has 1 N–H and O–H groups in total. The van der Waals surface area contributed by atoms with Gasteiger partial charge < -0.3 is 9.73 Å².